The summed E-state index contributed by atoms with van der Waals surface area (Å²) in [5, 5.41) is 11.1. The molecule has 2 aromatic rings. The van der Waals surface area contributed by atoms with Gasteiger partial charge in [-0.3, -0.25) is 10.1 Å². The summed E-state index contributed by atoms with van der Waals surface area (Å²) in [6, 6.07) is 8.03. The zero-order chi connectivity index (χ0) is 14.7. The van der Waals surface area contributed by atoms with Crippen LogP contribution in [-0.4, -0.2) is 4.92 Å². The second kappa shape index (κ2) is 6.07. The van der Waals surface area contributed by atoms with Gasteiger partial charge in [-0.15, -0.1) is 0 Å². The van der Waals surface area contributed by atoms with E-state index in [1.165, 1.54) is 36.4 Å². The van der Waals surface area contributed by atoms with Crippen LogP contribution >= 0.6 is 23.2 Å². The van der Waals surface area contributed by atoms with Crippen molar-refractivity contribution in [2.45, 2.75) is 6.61 Å². The van der Waals surface area contributed by atoms with Crippen LogP contribution in [0.2, 0.25) is 10.0 Å². The van der Waals surface area contributed by atoms with Crippen LogP contribution < -0.4 is 4.74 Å². The normalized spacial score (nSPS) is 10.3. The molecule has 2 rings (SSSR count). The number of ether oxygens (including phenoxy) is 1. The number of hydrogen-bond donors (Lipinski definition) is 0. The van der Waals surface area contributed by atoms with Gasteiger partial charge in [-0.1, -0.05) is 29.3 Å². The topological polar surface area (TPSA) is 52.4 Å². The largest absolute Gasteiger partial charge is 0.487 e. The third-order valence-electron chi connectivity index (χ3n) is 2.56. The van der Waals surface area contributed by atoms with Gasteiger partial charge in [0.2, 0.25) is 0 Å². The van der Waals surface area contributed by atoms with Crippen LogP contribution in [0.25, 0.3) is 0 Å². The molecule has 0 radical (unpaired) electrons. The van der Waals surface area contributed by atoms with Crippen molar-refractivity contribution in [1.29, 1.82) is 0 Å². The molecule has 0 saturated carbocycles. The Kier molecular flexibility index (Phi) is 4.42. The van der Waals surface area contributed by atoms with E-state index in [2.05, 4.69) is 0 Å². The highest BCUT2D eigenvalue weighted by atomic mass is 35.5. The first kappa shape index (κ1) is 14.6. The molecule has 0 spiro atoms. The molecular formula is C13H8Cl2FNO3. The van der Waals surface area contributed by atoms with E-state index >= 15 is 0 Å². The number of non-ortho nitro benzene ring substituents is 1. The molecule has 0 heterocycles. The van der Waals surface area contributed by atoms with Gasteiger partial charge in [-0.05, 0) is 18.2 Å². The molecule has 0 aliphatic heterocycles. The molecule has 0 N–H and O–H groups in total. The minimum absolute atomic E-state index is 0.0974. The molecule has 0 aliphatic carbocycles. The Labute approximate surface area is 123 Å². The van der Waals surface area contributed by atoms with E-state index in [0.717, 1.165) is 0 Å². The van der Waals surface area contributed by atoms with Crippen molar-refractivity contribution in [2.24, 2.45) is 0 Å². The Hall–Kier alpha value is -1.85. The average molecular weight is 316 g/mol. The van der Waals surface area contributed by atoms with Gasteiger partial charge >= 0.3 is 0 Å². The van der Waals surface area contributed by atoms with Crippen LogP contribution in [0.15, 0.2) is 36.4 Å². The first-order valence-electron chi connectivity index (χ1n) is 5.48. The van der Waals surface area contributed by atoms with Crippen LogP contribution in [0.5, 0.6) is 5.75 Å². The Balaban J connectivity index is 2.23. The molecule has 20 heavy (non-hydrogen) atoms. The van der Waals surface area contributed by atoms with Crippen LogP contribution in [0.3, 0.4) is 0 Å². The van der Waals surface area contributed by atoms with E-state index in [1.54, 1.807) is 0 Å². The summed E-state index contributed by atoms with van der Waals surface area (Å²) in [5.74, 6) is -0.417. The zero-order valence-corrected chi connectivity index (χ0v) is 11.5. The number of rotatable bonds is 4. The fraction of sp³-hybridized carbons (Fsp3) is 0.0769. The quantitative estimate of drug-likeness (QED) is 0.611. The summed E-state index contributed by atoms with van der Waals surface area (Å²) >= 11 is 11.7. The fourth-order valence-corrected chi connectivity index (χ4v) is 1.93. The van der Waals surface area contributed by atoms with Crippen LogP contribution in [0.1, 0.15) is 5.56 Å². The molecule has 104 valence electrons. The lowest BCUT2D eigenvalue weighted by molar-refractivity contribution is -0.384. The van der Waals surface area contributed by atoms with Crippen molar-refractivity contribution < 1.29 is 14.1 Å². The molecule has 2 aromatic carbocycles. The molecule has 0 amide bonds. The Bertz CT molecular complexity index is 644. The Morgan fingerprint density at radius 3 is 2.60 bits per heavy atom. The van der Waals surface area contributed by atoms with E-state index in [1.807, 2.05) is 0 Å². The molecule has 0 aromatic heterocycles. The van der Waals surface area contributed by atoms with Crippen molar-refractivity contribution in [3.63, 3.8) is 0 Å². The summed E-state index contributed by atoms with van der Waals surface area (Å²) in [6.07, 6.45) is 0. The maximum Gasteiger partial charge on any atom is 0.273 e. The summed E-state index contributed by atoms with van der Waals surface area (Å²) in [4.78, 5) is 10.1. The van der Waals surface area contributed by atoms with E-state index in [-0.39, 0.29) is 33.7 Å². The molecule has 0 atom stereocenters. The van der Waals surface area contributed by atoms with Crippen molar-refractivity contribution in [3.05, 3.63) is 67.9 Å². The standard InChI is InChI=1S/C13H8Cl2FNO3/c14-10-2-1-3-12(16)9(10)7-20-13-6-8(17(18)19)4-5-11(13)15/h1-6H,7H2. The third kappa shape index (κ3) is 3.18. The summed E-state index contributed by atoms with van der Waals surface area (Å²) in [6.45, 7) is -0.174. The Morgan fingerprint density at radius 2 is 1.95 bits per heavy atom. The highest BCUT2D eigenvalue weighted by Gasteiger charge is 2.13. The first-order valence-corrected chi connectivity index (χ1v) is 6.24. The lowest BCUT2D eigenvalue weighted by atomic mass is 10.2. The molecule has 0 bridgehead atoms. The van der Waals surface area contributed by atoms with Gasteiger partial charge in [0.05, 0.1) is 21.0 Å². The maximum atomic E-state index is 13.6. The molecular weight excluding hydrogens is 308 g/mol. The number of nitrogens with zero attached hydrogens (tertiary/aromatic N) is 1. The number of nitro groups is 1. The minimum Gasteiger partial charge on any atom is -0.487 e. The van der Waals surface area contributed by atoms with Crippen LogP contribution in [0, 0.1) is 15.9 Å². The van der Waals surface area contributed by atoms with Gasteiger partial charge in [-0.2, -0.15) is 0 Å². The van der Waals surface area contributed by atoms with Crippen molar-refractivity contribution in [2.75, 3.05) is 0 Å². The summed E-state index contributed by atoms with van der Waals surface area (Å²) in [5.41, 5.74) is 0.000713. The van der Waals surface area contributed by atoms with Gasteiger partial charge in [0.1, 0.15) is 18.2 Å². The number of nitro benzene ring substituents is 1. The molecule has 4 nitrogen and oxygen atoms in total. The molecule has 0 aliphatic rings. The van der Waals surface area contributed by atoms with Crippen molar-refractivity contribution >= 4 is 28.9 Å². The van der Waals surface area contributed by atoms with E-state index < -0.39 is 10.7 Å². The predicted molar refractivity (Wildman–Crippen MR) is 73.8 cm³/mol. The average Bonchev–Trinajstić information content (AvgIpc) is 2.39. The van der Waals surface area contributed by atoms with Crippen LogP contribution in [0.4, 0.5) is 10.1 Å². The van der Waals surface area contributed by atoms with Gasteiger partial charge in [-0.25, -0.2) is 4.39 Å². The lowest BCUT2D eigenvalue weighted by Gasteiger charge is -2.09. The van der Waals surface area contributed by atoms with E-state index in [9.17, 15) is 14.5 Å². The molecule has 0 unspecified atom stereocenters. The minimum atomic E-state index is -0.570. The number of halogens is 3. The monoisotopic (exact) mass is 315 g/mol. The van der Waals surface area contributed by atoms with Crippen molar-refractivity contribution in [1.82, 2.24) is 0 Å². The maximum absolute atomic E-state index is 13.6. The number of benzene rings is 2. The first-order chi connectivity index (χ1) is 9.49. The lowest BCUT2D eigenvalue weighted by Crippen LogP contribution is -2.00. The molecule has 7 heteroatoms. The molecule has 0 saturated heterocycles. The molecule has 0 fully saturated rings. The highest BCUT2D eigenvalue weighted by Crippen LogP contribution is 2.30. The van der Waals surface area contributed by atoms with Gasteiger partial charge in [0, 0.05) is 11.6 Å². The van der Waals surface area contributed by atoms with Crippen molar-refractivity contribution in [3.8, 4) is 5.75 Å². The predicted octanol–water partition coefficient (Wildman–Crippen LogP) is 4.62. The zero-order valence-electron chi connectivity index (χ0n) is 9.98. The van der Waals surface area contributed by atoms with Gasteiger partial charge in [0.15, 0.2) is 0 Å². The number of hydrogen-bond acceptors (Lipinski definition) is 3. The smallest absolute Gasteiger partial charge is 0.273 e. The summed E-state index contributed by atoms with van der Waals surface area (Å²) in [7, 11) is 0. The van der Waals surface area contributed by atoms with Gasteiger partial charge in [0.25, 0.3) is 5.69 Å². The highest BCUT2D eigenvalue weighted by molar-refractivity contribution is 6.32. The fourth-order valence-electron chi connectivity index (χ4n) is 1.54. The Morgan fingerprint density at radius 1 is 1.20 bits per heavy atom. The SMILES string of the molecule is O=[N+]([O-])c1ccc(Cl)c(OCc2c(F)cccc2Cl)c1. The third-order valence-corrected chi connectivity index (χ3v) is 3.23. The second-order valence-corrected chi connectivity index (χ2v) is 4.68. The van der Waals surface area contributed by atoms with E-state index in [4.69, 9.17) is 27.9 Å². The second-order valence-electron chi connectivity index (χ2n) is 3.86. The van der Waals surface area contributed by atoms with Gasteiger partial charge < -0.3 is 4.74 Å². The van der Waals surface area contributed by atoms with Crippen LogP contribution in [-0.2, 0) is 6.61 Å². The summed E-state index contributed by atoms with van der Waals surface area (Å²) < 4.78 is 18.9. The van der Waals surface area contributed by atoms with E-state index in [0.29, 0.717) is 0 Å².